The van der Waals surface area contributed by atoms with Crippen LogP contribution >= 0.6 is 0 Å². The fourth-order valence-corrected chi connectivity index (χ4v) is 1.76. The van der Waals surface area contributed by atoms with Gasteiger partial charge in [-0.2, -0.15) is 0 Å². The van der Waals surface area contributed by atoms with Crippen LogP contribution < -0.4 is 5.32 Å². The summed E-state index contributed by atoms with van der Waals surface area (Å²) in [6, 6.07) is 10.1. The van der Waals surface area contributed by atoms with Gasteiger partial charge < -0.3 is 5.32 Å². The molecule has 0 radical (unpaired) electrons. The quantitative estimate of drug-likeness (QED) is 0.889. The Labute approximate surface area is 108 Å². The van der Waals surface area contributed by atoms with E-state index in [2.05, 4.69) is 29.1 Å². The Morgan fingerprint density at radius 3 is 2.44 bits per heavy atom. The Morgan fingerprint density at radius 1 is 1.06 bits per heavy atom. The molecular weight excluding hydrogens is 222 g/mol. The molecule has 1 heterocycles. The zero-order chi connectivity index (χ0) is 13.0. The van der Waals surface area contributed by atoms with E-state index in [1.807, 2.05) is 37.3 Å². The van der Waals surface area contributed by atoms with E-state index in [4.69, 9.17) is 0 Å². The molecular formula is C15H19N3. The van der Waals surface area contributed by atoms with Crippen molar-refractivity contribution >= 4 is 5.82 Å². The van der Waals surface area contributed by atoms with E-state index >= 15 is 0 Å². The van der Waals surface area contributed by atoms with E-state index in [0.717, 1.165) is 41.4 Å². The SMILES string of the molecule is CCCNc1nc(-c2ccccc2)nc(C)c1C. The maximum absolute atomic E-state index is 4.62. The van der Waals surface area contributed by atoms with Crippen LogP contribution in [0.2, 0.25) is 0 Å². The Bertz CT molecular complexity index is 521. The van der Waals surface area contributed by atoms with Gasteiger partial charge in [0.25, 0.3) is 0 Å². The molecule has 0 amide bonds. The number of nitrogens with one attached hydrogen (secondary N) is 1. The van der Waals surface area contributed by atoms with Crippen LogP contribution in [-0.2, 0) is 0 Å². The van der Waals surface area contributed by atoms with Crippen molar-refractivity contribution < 1.29 is 0 Å². The van der Waals surface area contributed by atoms with Gasteiger partial charge in [0.2, 0.25) is 0 Å². The van der Waals surface area contributed by atoms with Crippen LogP contribution in [0.25, 0.3) is 11.4 Å². The molecule has 94 valence electrons. The van der Waals surface area contributed by atoms with E-state index < -0.39 is 0 Å². The molecule has 1 aromatic carbocycles. The van der Waals surface area contributed by atoms with Crippen LogP contribution in [-0.4, -0.2) is 16.5 Å². The molecule has 0 unspecified atom stereocenters. The largest absolute Gasteiger partial charge is 0.370 e. The average Bonchev–Trinajstić information content (AvgIpc) is 2.41. The Morgan fingerprint density at radius 2 is 1.78 bits per heavy atom. The van der Waals surface area contributed by atoms with Gasteiger partial charge in [-0.25, -0.2) is 9.97 Å². The Kier molecular flexibility index (Phi) is 3.92. The summed E-state index contributed by atoms with van der Waals surface area (Å²) in [7, 11) is 0. The van der Waals surface area contributed by atoms with Gasteiger partial charge in [-0.15, -0.1) is 0 Å². The first-order valence-electron chi connectivity index (χ1n) is 6.37. The van der Waals surface area contributed by atoms with E-state index in [1.54, 1.807) is 0 Å². The zero-order valence-electron chi connectivity index (χ0n) is 11.2. The molecule has 1 aromatic heterocycles. The van der Waals surface area contributed by atoms with Crippen molar-refractivity contribution in [1.29, 1.82) is 0 Å². The first-order chi connectivity index (χ1) is 8.72. The van der Waals surface area contributed by atoms with Gasteiger partial charge in [0, 0.05) is 23.4 Å². The molecule has 0 fully saturated rings. The molecule has 3 heteroatoms. The van der Waals surface area contributed by atoms with Gasteiger partial charge in [-0.1, -0.05) is 37.3 Å². The minimum atomic E-state index is 0.789. The van der Waals surface area contributed by atoms with Gasteiger partial charge in [-0.05, 0) is 20.3 Å². The lowest BCUT2D eigenvalue weighted by Crippen LogP contribution is -2.07. The number of rotatable bonds is 4. The molecule has 3 nitrogen and oxygen atoms in total. The summed E-state index contributed by atoms with van der Waals surface area (Å²) in [5, 5.41) is 3.36. The molecule has 0 bridgehead atoms. The molecule has 1 N–H and O–H groups in total. The molecule has 0 aliphatic rings. The van der Waals surface area contributed by atoms with Crippen molar-refractivity contribution in [3.8, 4) is 11.4 Å². The third kappa shape index (κ3) is 2.67. The first-order valence-corrected chi connectivity index (χ1v) is 6.37. The summed E-state index contributed by atoms with van der Waals surface area (Å²) in [6.07, 6.45) is 1.09. The Hall–Kier alpha value is -1.90. The van der Waals surface area contributed by atoms with E-state index in [9.17, 15) is 0 Å². The van der Waals surface area contributed by atoms with Crippen molar-refractivity contribution in [2.75, 3.05) is 11.9 Å². The van der Waals surface area contributed by atoms with Crippen molar-refractivity contribution in [1.82, 2.24) is 9.97 Å². The van der Waals surface area contributed by atoms with Crippen molar-refractivity contribution in [2.45, 2.75) is 27.2 Å². The predicted molar refractivity (Wildman–Crippen MR) is 75.7 cm³/mol. The van der Waals surface area contributed by atoms with Gasteiger partial charge in [0.1, 0.15) is 5.82 Å². The molecule has 0 aliphatic heterocycles. The lowest BCUT2D eigenvalue weighted by atomic mass is 10.2. The van der Waals surface area contributed by atoms with Crippen LogP contribution in [0, 0.1) is 13.8 Å². The third-order valence-corrected chi connectivity index (χ3v) is 2.96. The van der Waals surface area contributed by atoms with Crippen LogP contribution in [0.3, 0.4) is 0 Å². The summed E-state index contributed by atoms with van der Waals surface area (Å²) in [6.45, 7) is 7.17. The minimum absolute atomic E-state index is 0.789. The highest BCUT2D eigenvalue weighted by Gasteiger charge is 2.08. The van der Waals surface area contributed by atoms with Crippen LogP contribution in [0.1, 0.15) is 24.6 Å². The summed E-state index contributed by atoms with van der Waals surface area (Å²) < 4.78 is 0. The predicted octanol–water partition coefficient (Wildman–Crippen LogP) is 3.58. The zero-order valence-corrected chi connectivity index (χ0v) is 11.2. The Balaban J connectivity index is 2.41. The number of benzene rings is 1. The average molecular weight is 241 g/mol. The summed E-state index contributed by atoms with van der Waals surface area (Å²) >= 11 is 0. The lowest BCUT2D eigenvalue weighted by molar-refractivity contribution is 0.955. The van der Waals surface area contributed by atoms with Gasteiger partial charge in [0.15, 0.2) is 5.82 Å². The number of hydrogen-bond acceptors (Lipinski definition) is 3. The third-order valence-electron chi connectivity index (χ3n) is 2.96. The molecule has 0 aliphatic carbocycles. The fourth-order valence-electron chi connectivity index (χ4n) is 1.76. The highest BCUT2D eigenvalue weighted by atomic mass is 15.0. The van der Waals surface area contributed by atoms with Crippen LogP contribution in [0.15, 0.2) is 30.3 Å². The summed E-state index contributed by atoms with van der Waals surface area (Å²) in [5.74, 6) is 1.74. The number of anilines is 1. The molecule has 2 aromatic rings. The van der Waals surface area contributed by atoms with Gasteiger partial charge in [-0.3, -0.25) is 0 Å². The van der Waals surface area contributed by atoms with Crippen molar-refractivity contribution in [3.05, 3.63) is 41.6 Å². The van der Waals surface area contributed by atoms with Crippen LogP contribution in [0.4, 0.5) is 5.82 Å². The molecule has 2 rings (SSSR count). The van der Waals surface area contributed by atoms with E-state index in [0.29, 0.717) is 0 Å². The topological polar surface area (TPSA) is 37.8 Å². The summed E-state index contributed by atoms with van der Waals surface area (Å²) in [5.41, 5.74) is 3.21. The summed E-state index contributed by atoms with van der Waals surface area (Å²) in [4.78, 5) is 9.18. The monoisotopic (exact) mass is 241 g/mol. The van der Waals surface area contributed by atoms with Crippen molar-refractivity contribution in [3.63, 3.8) is 0 Å². The molecule has 0 atom stereocenters. The maximum Gasteiger partial charge on any atom is 0.161 e. The highest BCUT2D eigenvalue weighted by Crippen LogP contribution is 2.21. The highest BCUT2D eigenvalue weighted by molar-refractivity contribution is 5.59. The first kappa shape index (κ1) is 12.6. The number of aromatic nitrogens is 2. The van der Waals surface area contributed by atoms with Gasteiger partial charge in [0.05, 0.1) is 0 Å². The number of hydrogen-bond donors (Lipinski definition) is 1. The second-order valence-corrected chi connectivity index (χ2v) is 4.40. The van der Waals surface area contributed by atoms with E-state index in [-0.39, 0.29) is 0 Å². The molecule has 0 saturated carbocycles. The number of aryl methyl sites for hydroxylation is 1. The second-order valence-electron chi connectivity index (χ2n) is 4.40. The fraction of sp³-hybridized carbons (Fsp3) is 0.333. The maximum atomic E-state index is 4.62. The van der Waals surface area contributed by atoms with Crippen LogP contribution in [0.5, 0.6) is 0 Å². The second kappa shape index (κ2) is 5.63. The normalized spacial score (nSPS) is 10.4. The van der Waals surface area contributed by atoms with Crippen molar-refractivity contribution in [2.24, 2.45) is 0 Å². The molecule has 0 spiro atoms. The van der Waals surface area contributed by atoms with E-state index in [1.165, 1.54) is 0 Å². The smallest absolute Gasteiger partial charge is 0.161 e. The number of nitrogens with zero attached hydrogens (tertiary/aromatic N) is 2. The molecule has 0 saturated heterocycles. The molecule has 18 heavy (non-hydrogen) atoms. The minimum Gasteiger partial charge on any atom is -0.370 e. The standard InChI is InChI=1S/C15H19N3/c1-4-10-16-14-11(2)12(3)17-15(18-14)13-8-6-5-7-9-13/h5-9H,4,10H2,1-3H3,(H,16,17,18). The van der Waals surface area contributed by atoms with Gasteiger partial charge >= 0.3 is 0 Å². The lowest BCUT2D eigenvalue weighted by Gasteiger charge is -2.11.